The second-order valence-corrected chi connectivity index (χ2v) is 9.19. The summed E-state index contributed by atoms with van der Waals surface area (Å²) in [4.78, 5) is 38.2. The molecule has 37 heavy (non-hydrogen) atoms. The van der Waals surface area contributed by atoms with Crippen molar-refractivity contribution in [3.63, 3.8) is 0 Å². The monoisotopic (exact) mass is 499 g/mol. The highest BCUT2D eigenvalue weighted by Crippen LogP contribution is 2.53. The number of fused-ring (bicyclic) bond motifs is 3. The molecule has 1 aromatic heterocycles. The van der Waals surface area contributed by atoms with Gasteiger partial charge < -0.3 is 21.7 Å². The number of aromatic nitrogens is 4. The quantitative estimate of drug-likeness (QED) is 0.315. The van der Waals surface area contributed by atoms with Crippen molar-refractivity contribution in [3.8, 4) is 17.2 Å². The van der Waals surface area contributed by atoms with E-state index < -0.39 is 17.2 Å². The minimum Gasteiger partial charge on any atom is -0.366 e. The number of likely N-dealkylation sites (tertiary alicyclic amines) is 1. The first kappa shape index (κ1) is 24.1. The summed E-state index contributed by atoms with van der Waals surface area (Å²) in [6.07, 6.45) is 1.95. The van der Waals surface area contributed by atoms with Gasteiger partial charge in [0, 0.05) is 17.7 Å². The summed E-state index contributed by atoms with van der Waals surface area (Å²) in [6, 6.07) is 12.1. The maximum atomic E-state index is 12.7. The van der Waals surface area contributed by atoms with Crippen molar-refractivity contribution in [2.45, 2.75) is 30.7 Å². The largest absolute Gasteiger partial charge is 0.366 e. The third-order valence-electron chi connectivity index (χ3n) is 7.22. The number of nitrogens with two attached hydrogens (primary N) is 2. The molecular weight excluding hydrogens is 474 g/mol. The highest BCUT2D eigenvalue weighted by atomic mass is 16.2. The number of nitrogens with one attached hydrogen (secondary N) is 2. The molecule has 0 radical (unpaired) electrons. The number of hydrogen-bond acceptors (Lipinski definition) is 8. The minimum absolute atomic E-state index is 0.0848. The van der Waals surface area contributed by atoms with Gasteiger partial charge in [-0.15, -0.1) is 10.2 Å². The molecule has 1 unspecified atom stereocenters. The van der Waals surface area contributed by atoms with Crippen molar-refractivity contribution < 1.29 is 14.4 Å². The molecule has 2 aliphatic rings. The van der Waals surface area contributed by atoms with Gasteiger partial charge in [0.2, 0.25) is 17.7 Å². The van der Waals surface area contributed by atoms with Crippen LogP contribution in [0.3, 0.4) is 0 Å². The number of carbonyl (C=O) groups is 3. The molecule has 0 spiro atoms. The average molecular weight is 500 g/mol. The Labute approximate surface area is 212 Å². The van der Waals surface area contributed by atoms with Gasteiger partial charge in [-0.1, -0.05) is 17.3 Å². The number of H-pyrrole nitrogens is 1. The third-order valence-corrected chi connectivity index (χ3v) is 7.22. The van der Waals surface area contributed by atoms with Gasteiger partial charge in [0.25, 0.3) is 0 Å². The smallest absolute Gasteiger partial charge is 0.248 e. The Hall–Kier alpha value is -4.63. The summed E-state index contributed by atoms with van der Waals surface area (Å²) in [5, 5.41) is 27.4. The molecule has 1 fully saturated rings. The van der Waals surface area contributed by atoms with Crippen LogP contribution in [0.2, 0.25) is 0 Å². The average Bonchev–Trinajstić information content (AvgIpc) is 3.65. The van der Waals surface area contributed by atoms with E-state index in [1.807, 2.05) is 12.1 Å². The van der Waals surface area contributed by atoms with Gasteiger partial charge in [-0.3, -0.25) is 14.4 Å². The summed E-state index contributed by atoms with van der Waals surface area (Å²) >= 11 is 0. The van der Waals surface area contributed by atoms with E-state index in [1.165, 1.54) is 0 Å². The summed E-state index contributed by atoms with van der Waals surface area (Å²) in [7, 11) is 0. The molecule has 2 aromatic carbocycles. The molecule has 5 rings (SSSR count). The van der Waals surface area contributed by atoms with Crippen LogP contribution < -0.4 is 16.8 Å². The maximum Gasteiger partial charge on any atom is 0.248 e. The maximum absolute atomic E-state index is 12.7. The van der Waals surface area contributed by atoms with Crippen LogP contribution in [-0.4, -0.2) is 68.9 Å². The highest BCUT2D eigenvalue weighted by Gasteiger charge is 2.48. The van der Waals surface area contributed by atoms with Crippen molar-refractivity contribution in [1.29, 1.82) is 5.26 Å². The number of nitriles is 1. The normalized spacial score (nSPS) is 17.2. The Morgan fingerprint density at radius 2 is 1.76 bits per heavy atom. The first-order valence-corrected chi connectivity index (χ1v) is 11.9. The van der Waals surface area contributed by atoms with Crippen LogP contribution in [-0.2, 0) is 10.2 Å². The van der Waals surface area contributed by atoms with Crippen molar-refractivity contribution >= 4 is 17.7 Å². The standard InChI is InChI=1S/C25H25N9O3/c26-12-16-2-1-9-34(16)21(35)13-29-8-7-25(24-30-32-33-31-24)19-5-3-14(22(27)36)10-17(19)18-11-15(23(28)37)4-6-20(18)25/h3-6,10-11,16,29H,1-2,7-9,13H2,(H2,27,36)(H2,28,37)(H,30,31,32,33). The predicted molar refractivity (Wildman–Crippen MR) is 131 cm³/mol. The molecule has 1 aliphatic carbocycles. The van der Waals surface area contributed by atoms with Crippen LogP contribution in [0.15, 0.2) is 36.4 Å². The molecule has 12 nitrogen and oxygen atoms in total. The lowest BCUT2D eigenvalue weighted by molar-refractivity contribution is -0.130. The van der Waals surface area contributed by atoms with Crippen LogP contribution in [0.1, 0.15) is 56.9 Å². The predicted octanol–water partition coefficient (Wildman–Crippen LogP) is 0.207. The minimum atomic E-state index is -0.886. The third kappa shape index (κ3) is 3.99. The number of rotatable bonds is 8. The van der Waals surface area contributed by atoms with Crippen molar-refractivity contribution in [2.24, 2.45) is 11.5 Å². The van der Waals surface area contributed by atoms with Crippen LogP contribution in [0.5, 0.6) is 0 Å². The Morgan fingerprint density at radius 1 is 1.11 bits per heavy atom. The fourth-order valence-corrected chi connectivity index (χ4v) is 5.47. The SMILES string of the molecule is N#CC1CCCN1C(=O)CNCCC1(c2nn[nH]n2)c2ccc(C(N)=O)cc2-c2cc(C(N)=O)ccc21. The van der Waals surface area contributed by atoms with E-state index in [0.717, 1.165) is 17.5 Å². The topological polar surface area (TPSA) is 197 Å². The highest BCUT2D eigenvalue weighted by molar-refractivity contribution is 5.98. The molecule has 2 heterocycles. The molecule has 3 amide bonds. The summed E-state index contributed by atoms with van der Waals surface area (Å²) in [5.74, 6) is -0.874. The number of amides is 3. The van der Waals surface area contributed by atoms with Crippen LogP contribution in [0.4, 0.5) is 0 Å². The van der Waals surface area contributed by atoms with E-state index in [2.05, 4.69) is 32.0 Å². The number of tetrazole rings is 1. The van der Waals surface area contributed by atoms with Gasteiger partial charge in [-0.2, -0.15) is 10.5 Å². The summed E-state index contributed by atoms with van der Waals surface area (Å²) in [5.41, 5.74) is 13.9. The van der Waals surface area contributed by atoms with Crippen LogP contribution >= 0.6 is 0 Å². The van der Waals surface area contributed by atoms with Crippen molar-refractivity contribution in [3.05, 3.63) is 64.5 Å². The van der Waals surface area contributed by atoms with Gasteiger partial charge in [0.05, 0.1) is 18.0 Å². The number of primary amides is 2. The number of benzene rings is 2. The number of carbonyl (C=O) groups excluding carboxylic acids is 3. The first-order valence-electron chi connectivity index (χ1n) is 11.9. The zero-order valence-corrected chi connectivity index (χ0v) is 19.9. The van der Waals surface area contributed by atoms with Gasteiger partial charge in [0.15, 0.2) is 5.82 Å². The molecule has 3 aromatic rings. The van der Waals surface area contributed by atoms with Gasteiger partial charge in [-0.25, -0.2) is 0 Å². The van der Waals surface area contributed by atoms with E-state index >= 15 is 0 Å². The summed E-state index contributed by atoms with van der Waals surface area (Å²) < 4.78 is 0. The van der Waals surface area contributed by atoms with Gasteiger partial charge in [0.1, 0.15) is 6.04 Å². The Kier molecular flexibility index (Phi) is 6.14. The van der Waals surface area contributed by atoms with Gasteiger partial charge >= 0.3 is 0 Å². The van der Waals surface area contributed by atoms with E-state index in [9.17, 15) is 19.6 Å². The second-order valence-electron chi connectivity index (χ2n) is 9.19. The van der Waals surface area contributed by atoms with E-state index in [1.54, 1.807) is 29.2 Å². The molecule has 1 saturated heterocycles. The molecule has 12 heteroatoms. The van der Waals surface area contributed by atoms with Crippen LogP contribution in [0.25, 0.3) is 11.1 Å². The van der Waals surface area contributed by atoms with Crippen molar-refractivity contribution in [2.75, 3.05) is 19.6 Å². The Balaban J connectivity index is 1.51. The lowest BCUT2D eigenvalue weighted by Gasteiger charge is -2.29. The fraction of sp³-hybridized carbons (Fsp3) is 0.320. The lowest BCUT2D eigenvalue weighted by atomic mass is 9.74. The second kappa shape index (κ2) is 9.44. The fourth-order valence-electron chi connectivity index (χ4n) is 5.47. The zero-order chi connectivity index (χ0) is 26.2. The van der Waals surface area contributed by atoms with Crippen LogP contribution in [0, 0.1) is 11.3 Å². The first-order chi connectivity index (χ1) is 17.9. The lowest BCUT2D eigenvalue weighted by Crippen LogP contribution is -2.42. The van der Waals surface area contributed by atoms with E-state index in [4.69, 9.17) is 11.5 Å². The summed E-state index contributed by atoms with van der Waals surface area (Å²) in [6.45, 7) is 1.07. The molecule has 188 valence electrons. The van der Waals surface area contributed by atoms with Crippen molar-refractivity contribution in [1.82, 2.24) is 30.8 Å². The number of nitrogens with zero attached hydrogens (tertiary/aromatic N) is 5. The molecule has 1 aliphatic heterocycles. The molecule has 0 saturated carbocycles. The Bertz CT molecular complexity index is 1360. The van der Waals surface area contributed by atoms with E-state index in [0.29, 0.717) is 54.0 Å². The molecule has 1 atom stereocenters. The number of aromatic amines is 1. The molecule has 0 bridgehead atoms. The van der Waals surface area contributed by atoms with E-state index in [-0.39, 0.29) is 18.5 Å². The Morgan fingerprint density at radius 3 is 2.30 bits per heavy atom. The molecular formula is C25H25N9O3. The zero-order valence-electron chi connectivity index (χ0n) is 19.9. The molecule has 6 N–H and O–H groups in total. The number of hydrogen-bond donors (Lipinski definition) is 4. The van der Waals surface area contributed by atoms with Gasteiger partial charge in [-0.05, 0) is 72.3 Å².